The average molecular weight is 285 g/mol. The van der Waals surface area contributed by atoms with Gasteiger partial charge in [-0.1, -0.05) is 25.8 Å². The fourth-order valence-corrected chi connectivity index (χ4v) is 1.54. The van der Waals surface area contributed by atoms with Gasteiger partial charge in [0.25, 0.3) is 5.91 Å². The van der Waals surface area contributed by atoms with Crippen LogP contribution < -0.4 is 5.32 Å². The first-order chi connectivity index (χ1) is 9.56. The van der Waals surface area contributed by atoms with E-state index in [1.165, 1.54) is 0 Å². The van der Waals surface area contributed by atoms with Crippen molar-refractivity contribution in [3.05, 3.63) is 35.4 Å². The Balaban J connectivity index is 2.41. The van der Waals surface area contributed by atoms with Crippen LogP contribution in [0.2, 0.25) is 0 Å². The number of hydrogen-bond acceptors (Lipinski definition) is 3. The number of hydrogen-bond donors (Lipinski definition) is 1. The molecule has 0 heterocycles. The third-order valence-corrected chi connectivity index (χ3v) is 2.59. The molecule has 0 unspecified atom stereocenters. The summed E-state index contributed by atoms with van der Waals surface area (Å²) in [4.78, 5) is 22.9. The number of esters is 1. The van der Waals surface area contributed by atoms with Gasteiger partial charge in [-0.25, -0.2) is 8.78 Å². The Hall–Kier alpha value is -1.98. The Morgan fingerprint density at radius 3 is 2.45 bits per heavy atom. The molecule has 1 rings (SSSR count). The van der Waals surface area contributed by atoms with E-state index in [1.807, 2.05) is 6.92 Å². The van der Waals surface area contributed by atoms with Crippen LogP contribution in [0.4, 0.5) is 8.78 Å². The lowest BCUT2D eigenvalue weighted by Crippen LogP contribution is -2.32. The van der Waals surface area contributed by atoms with E-state index < -0.39 is 35.6 Å². The van der Waals surface area contributed by atoms with E-state index in [0.29, 0.717) is 0 Å². The number of ether oxygens (including phenoxy) is 1. The third-order valence-electron chi connectivity index (χ3n) is 2.59. The highest BCUT2D eigenvalue weighted by Gasteiger charge is 2.17. The molecule has 1 aromatic rings. The molecule has 0 bridgehead atoms. The summed E-state index contributed by atoms with van der Waals surface area (Å²) in [5.74, 6) is -3.56. The summed E-state index contributed by atoms with van der Waals surface area (Å²) < 4.78 is 31.4. The van der Waals surface area contributed by atoms with Crippen molar-refractivity contribution in [3.63, 3.8) is 0 Å². The summed E-state index contributed by atoms with van der Waals surface area (Å²) in [5, 5.41) is 2.13. The van der Waals surface area contributed by atoms with Crippen molar-refractivity contribution in [3.8, 4) is 0 Å². The third kappa shape index (κ3) is 4.95. The molecule has 0 radical (unpaired) electrons. The van der Waals surface area contributed by atoms with Crippen molar-refractivity contribution in [1.82, 2.24) is 5.32 Å². The van der Waals surface area contributed by atoms with Crippen LogP contribution in [0.1, 0.15) is 36.5 Å². The number of halogens is 2. The minimum absolute atomic E-state index is 0.274. The highest BCUT2D eigenvalue weighted by Crippen LogP contribution is 2.11. The molecule has 1 amide bonds. The molecule has 0 atom stereocenters. The number of nitrogens with one attached hydrogen (secondary N) is 1. The smallest absolute Gasteiger partial charge is 0.325 e. The van der Waals surface area contributed by atoms with Gasteiger partial charge in [0.2, 0.25) is 0 Å². The van der Waals surface area contributed by atoms with Crippen molar-refractivity contribution in [2.45, 2.75) is 26.2 Å². The van der Waals surface area contributed by atoms with Crippen LogP contribution >= 0.6 is 0 Å². The highest BCUT2D eigenvalue weighted by atomic mass is 19.1. The maximum absolute atomic E-state index is 13.3. The first-order valence-corrected chi connectivity index (χ1v) is 6.44. The lowest BCUT2D eigenvalue weighted by atomic mass is 10.2. The lowest BCUT2D eigenvalue weighted by molar-refractivity contribution is -0.142. The minimum Gasteiger partial charge on any atom is -0.464 e. The molecule has 0 saturated carbocycles. The fourth-order valence-electron chi connectivity index (χ4n) is 1.54. The second-order valence-corrected chi connectivity index (χ2v) is 4.21. The molecule has 0 fully saturated rings. The number of amides is 1. The quantitative estimate of drug-likeness (QED) is 0.618. The zero-order valence-corrected chi connectivity index (χ0v) is 11.2. The van der Waals surface area contributed by atoms with E-state index in [0.717, 1.165) is 37.5 Å². The molecule has 0 spiro atoms. The predicted octanol–water partition coefficient (Wildman–Crippen LogP) is 2.43. The van der Waals surface area contributed by atoms with Gasteiger partial charge in [-0.2, -0.15) is 0 Å². The van der Waals surface area contributed by atoms with E-state index in [2.05, 4.69) is 5.32 Å². The van der Waals surface area contributed by atoms with Gasteiger partial charge in [-0.3, -0.25) is 9.59 Å². The Bertz CT molecular complexity index is 457. The molecular formula is C14H17F2NO3. The van der Waals surface area contributed by atoms with Gasteiger partial charge in [0.15, 0.2) is 0 Å². The first kappa shape index (κ1) is 16.1. The van der Waals surface area contributed by atoms with E-state index in [4.69, 9.17) is 4.74 Å². The summed E-state index contributed by atoms with van der Waals surface area (Å²) in [7, 11) is 0. The molecular weight excluding hydrogens is 268 g/mol. The molecule has 0 aliphatic carbocycles. The zero-order valence-electron chi connectivity index (χ0n) is 11.2. The number of benzene rings is 1. The summed E-state index contributed by atoms with van der Waals surface area (Å²) in [5.41, 5.74) is -0.703. The summed E-state index contributed by atoms with van der Waals surface area (Å²) in [6, 6.07) is 3.10. The Morgan fingerprint density at radius 2 is 1.85 bits per heavy atom. The van der Waals surface area contributed by atoms with Crippen LogP contribution in [-0.4, -0.2) is 25.0 Å². The lowest BCUT2D eigenvalue weighted by Gasteiger charge is -2.07. The Morgan fingerprint density at radius 1 is 1.20 bits per heavy atom. The van der Waals surface area contributed by atoms with Crippen molar-refractivity contribution < 1.29 is 23.1 Å². The number of carbonyl (C=O) groups excluding carboxylic acids is 2. The monoisotopic (exact) mass is 285 g/mol. The molecule has 6 heteroatoms. The van der Waals surface area contributed by atoms with Gasteiger partial charge in [0, 0.05) is 0 Å². The van der Waals surface area contributed by atoms with Gasteiger partial charge in [-0.15, -0.1) is 0 Å². The molecule has 0 aromatic heterocycles. The summed E-state index contributed by atoms with van der Waals surface area (Å²) in [6.45, 7) is 1.88. The molecule has 110 valence electrons. The SMILES string of the molecule is CCCCCOC(=O)CNC(=O)c1c(F)cccc1F. The van der Waals surface area contributed by atoms with Gasteiger partial charge in [0.05, 0.1) is 6.61 Å². The van der Waals surface area contributed by atoms with Crippen molar-refractivity contribution in [2.75, 3.05) is 13.2 Å². The van der Waals surface area contributed by atoms with Crippen LogP contribution in [0.3, 0.4) is 0 Å². The summed E-state index contributed by atoms with van der Waals surface area (Å²) in [6.07, 6.45) is 2.69. The topological polar surface area (TPSA) is 55.4 Å². The Kier molecular flexibility index (Phi) is 6.63. The molecule has 0 saturated heterocycles. The van der Waals surface area contributed by atoms with Gasteiger partial charge in [0.1, 0.15) is 23.7 Å². The van der Waals surface area contributed by atoms with Crippen LogP contribution in [0, 0.1) is 11.6 Å². The van der Waals surface area contributed by atoms with E-state index >= 15 is 0 Å². The number of carbonyl (C=O) groups is 2. The highest BCUT2D eigenvalue weighted by molar-refractivity contribution is 5.96. The van der Waals surface area contributed by atoms with Gasteiger partial charge >= 0.3 is 5.97 Å². The zero-order chi connectivity index (χ0) is 15.0. The fraction of sp³-hybridized carbons (Fsp3) is 0.429. The average Bonchev–Trinajstić information content (AvgIpc) is 2.41. The number of unbranched alkanes of at least 4 members (excludes halogenated alkanes) is 2. The van der Waals surface area contributed by atoms with Crippen LogP contribution in [0.5, 0.6) is 0 Å². The Labute approximate surface area is 116 Å². The largest absolute Gasteiger partial charge is 0.464 e. The van der Waals surface area contributed by atoms with Crippen molar-refractivity contribution in [2.24, 2.45) is 0 Å². The summed E-state index contributed by atoms with van der Waals surface area (Å²) >= 11 is 0. The van der Waals surface area contributed by atoms with Gasteiger partial charge < -0.3 is 10.1 Å². The molecule has 0 aliphatic heterocycles. The second-order valence-electron chi connectivity index (χ2n) is 4.21. The molecule has 1 N–H and O–H groups in total. The van der Waals surface area contributed by atoms with E-state index in [1.54, 1.807) is 0 Å². The normalized spacial score (nSPS) is 10.2. The molecule has 4 nitrogen and oxygen atoms in total. The molecule has 1 aromatic carbocycles. The van der Waals surface area contributed by atoms with Crippen LogP contribution in [-0.2, 0) is 9.53 Å². The maximum Gasteiger partial charge on any atom is 0.325 e. The van der Waals surface area contributed by atoms with Crippen LogP contribution in [0.25, 0.3) is 0 Å². The van der Waals surface area contributed by atoms with Crippen LogP contribution in [0.15, 0.2) is 18.2 Å². The van der Waals surface area contributed by atoms with Gasteiger partial charge in [-0.05, 0) is 18.6 Å². The standard InChI is InChI=1S/C14H17F2NO3/c1-2-3-4-8-20-12(18)9-17-14(19)13-10(15)6-5-7-11(13)16/h5-7H,2-4,8-9H2,1H3,(H,17,19). The van der Waals surface area contributed by atoms with Crippen molar-refractivity contribution >= 4 is 11.9 Å². The first-order valence-electron chi connectivity index (χ1n) is 6.44. The van der Waals surface area contributed by atoms with E-state index in [-0.39, 0.29) is 6.61 Å². The second kappa shape index (κ2) is 8.24. The van der Waals surface area contributed by atoms with E-state index in [9.17, 15) is 18.4 Å². The maximum atomic E-state index is 13.3. The minimum atomic E-state index is -0.980. The van der Waals surface area contributed by atoms with Crippen molar-refractivity contribution in [1.29, 1.82) is 0 Å². The predicted molar refractivity (Wildman–Crippen MR) is 69.2 cm³/mol. The molecule has 20 heavy (non-hydrogen) atoms. The molecule has 0 aliphatic rings. The number of rotatable bonds is 7.